The van der Waals surface area contributed by atoms with E-state index >= 15 is 0 Å². The van der Waals surface area contributed by atoms with E-state index in [0.29, 0.717) is 16.7 Å². The molecule has 1 N–H and O–H groups in total. The number of amides is 1. The van der Waals surface area contributed by atoms with Gasteiger partial charge in [0.15, 0.2) is 11.0 Å². The van der Waals surface area contributed by atoms with Crippen molar-refractivity contribution in [1.82, 2.24) is 15.1 Å². The molecule has 0 saturated carbocycles. The van der Waals surface area contributed by atoms with Gasteiger partial charge in [0.05, 0.1) is 5.25 Å². The summed E-state index contributed by atoms with van der Waals surface area (Å²) in [6.07, 6.45) is 4.97. The second-order valence-corrected chi connectivity index (χ2v) is 5.41. The summed E-state index contributed by atoms with van der Waals surface area (Å²) < 4.78 is 4.93. The molecule has 0 aromatic carbocycles. The van der Waals surface area contributed by atoms with Crippen LogP contribution in [0.3, 0.4) is 0 Å². The number of rotatable bonds is 6. The highest BCUT2D eigenvalue weighted by Gasteiger charge is 2.21. The molecule has 0 saturated heterocycles. The molecular weight excluding hydrogens is 276 g/mol. The van der Waals surface area contributed by atoms with Gasteiger partial charge in [-0.15, -0.1) is 0 Å². The number of hydrogen-bond acceptors (Lipinski definition) is 6. The first-order valence-electron chi connectivity index (χ1n) is 6.37. The maximum Gasteiger partial charge on any atom is 0.239 e. The van der Waals surface area contributed by atoms with Crippen LogP contribution in [0, 0.1) is 6.92 Å². The van der Waals surface area contributed by atoms with Gasteiger partial charge in [0.2, 0.25) is 5.91 Å². The number of nitrogens with zero attached hydrogens (tertiary/aromatic N) is 3. The molecule has 6 nitrogen and oxygen atoms in total. The van der Waals surface area contributed by atoms with Crippen molar-refractivity contribution in [1.29, 1.82) is 0 Å². The minimum Gasteiger partial charge on any atom is -0.360 e. The minimum absolute atomic E-state index is 0.113. The highest BCUT2D eigenvalue weighted by molar-refractivity contribution is 8.00. The van der Waals surface area contributed by atoms with E-state index in [2.05, 4.69) is 20.4 Å². The van der Waals surface area contributed by atoms with Gasteiger partial charge < -0.3 is 9.84 Å². The molecule has 7 heteroatoms. The van der Waals surface area contributed by atoms with Gasteiger partial charge in [-0.25, -0.2) is 9.97 Å². The molecule has 2 rings (SSSR count). The van der Waals surface area contributed by atoms with Crippen molar-refractivity contribution in [3.05, 3.63) is 30.3 Å². The van der Waals surface area contributed by atoms with Crippen LogP contribution >= 0.6 is 11.8 Å². The van der Waals surface area contributed by atoms with E-state index in [1.165, 1.54) is 11.8 Å². The first kappa shape index (κ1) is 14.5. The molecule has 1 amide bonds. The molecule has 0 aliphatic rings. The third kappa shape index (κ3) is 4.06. The first-order valence-corrected chi connectivity index (χ1v) is 7.25. The van der Waals surface area contributed by atoms with E-state index in [1.807, 2.05) is 6.92 Å². The number of carbonyl (C=O) groups excluding carboxylic acids is 1. The summed E-state index contributed by atoms with van der Waals surface area (Å²) in [6.45, 7) is 3.81. The number of aromatic nitrogens is 3. The highest BCUT2D eigenvalue weighted by atomic mass is 32.2. The van der Waals surface area contributed by atoms with Gasteiger partial charge in [-0.2, -0.15) is 0 Å². The normalized spacial score (nSPS) is 12.1. The van der Waals surface area contributed by atoms with Crippen molar-refractivity contribution in [2.24, 2.45) is 0 Å². The van der Waals surface area contributed by atoms with Crippen molar-refractivity contribution in [3.63, 3.8) is 0 Å². The Kier molecular flexibility index (Phi) is 5.11. The lowest BCUT2D eigenvalue weighted by Crippen LogP contribution is -2.25. The van der Waals surface area contributed by atoms with Crippen LogP contribution in [0.15, 0.2) is 34.2 Å². The van der Waals surface area contributed by atoms with Crippen molar-refractivity contribution in [2.75, 3.05) is 5.32 Å². The van der Waals surface area contributed by atoms with Crippen LogP contribution in [0.5, 0.6) is 0 Å². The molecule has 0 bridgehead atoms. The number of thioether (sulfide) groups is 1. The summed E-state index contributed by atoms with van der Waals surface area (Å²) in [5.41, 5.74) is 0. The standard InChI is InChI=1S/C13H16N4O2S/c1-3-5-10(20-13-14-6-4-7-15-13)12(18)16-11-8-9(2)19-17-11/h4,6-8,10H,3,5H2,1-2H3,(H,16,17,18)/t10-/m1/s1. The number of carbonyl (C=O) groups is 1. The molecule has 0 radical (unpaired) electrons. The molecule has 0 spiro atoms. The molecule has 20 heavy (non-hydrogen) atoms. The fourth-order valence-electron chi connectivity index (χ4n) is 1.61. The van der Waals surface area contributed by atoms with Gasteiger partial charge in [0, 0.05) is 18.5 Å². The van der Waals surface area contributed by atoms with Crippen LogP contribution in [0.4, 0.5) is 5.82 Å². The zero-order valence-corrected chi connectivity index (χ0v) is 12.2. The number of nitrogens with one attached hydrogen (secondary N) is 1. The summed E-state index contributed by atoms with van der Waals surface area (Å²) in [7, 11) is 0. The Morgan fingerprint density at radius 2 is 2.20 bits per heavy atom. The molecule has 0 fully saturated rings. The van der Waals surface area contributed by atoms with Crippen LogP contribution in [0.1, 0.15) is 25.5 Å². The van der Waals surface area contributed by atoms with Gasteiger partial charge in [0.1, 0.15) is 5.76 Å². The van der Waals surface area contributed by atoms with Gasteiger partial charge in [-0.1, -0.05) is 30.3 Å². The first-order chi connectivity index (χ1) is 9.69. The number of hydrogen-bond donors (Lipinski definition) is 1. The zero-order chi connectivity index (χ0) is 14.4. The maximum atomic E-state index is 12.2. The van der Waals surface area contributed by atoms with Crippen LogP contribution in [-0.4, -0.2) is 26.3 Å². The molecule has 106 valence electrons. The fraction of sp³-hybridized carbons (Fsp3) is 0.385. The Morgan fingerprint density at radius 3 is 2.80 bits per heavy atom. The number of anilines is 1. The molecule has 2 aromatic heterocycles. The summed E-state index contributed by atoms with van der Waals surface area (Å²) in [5.74, 6) is 0.979. The van der Waals surface area contributed by atoms with E-state index in [0.717, 1.165) is 12.8 Å². The van der Waals surface area contributed by atoms with Crippen molar-refractivity contribution in [3.8, 4) is 0 Å². The zero-order valence-electron chi connectivity index (χ0n) is 11.4. The summed E-state index contributed by atoms with van der Waals surface area (Å²) in [6, 6.07) is 3.43. The average Bonchev–Trinajstić information content (AvgIpc) is 2.85. The second kappa shape index (κ2) is 7.04. The van der Waals surface area contributed by atoms with E-state index in [4.69, 9.17) is 4.52 Å². The Labute approximate surface area is 121 Å². The van der Waals surface area contributed by atoms with Crippen molar-refractivity contribution in [2.45, 2.75) is 37.1 Å². The van der Waals surface area contributed by atoms with Crippen molar-refractivity contribution >= 4 is 23.5 Å². The fourth-order valence-corrected chi connectivity index (χ4v) is 2.63. The van der Waals surface area contributed by atoms with Gasteiger partial charge in [0.25, 0.3) is 0 Å². The van der Waals surface area contributed by atoms with Gasteiger partial charge >= 0.3 is 0 Å². The van der Waals surface area contributed by atoms with E-state index in [1.54, 1.807) is 31.5 Å². The molecule has 0 unspecified atom stereocenters. The quantitative estimate of drug-likeness (QED) is 0.651. The van der Waals surface area contributed by atoms with Crippen LogP contribution < -0.4 is 5.32 Å². The largest absolute Gasteiger partial charge is 0.360 e. The Bertz CT molecular complexity index is 559. The smallest absolute Gasteiger partial charge is 0.239 e. The highest BCUT2D eigenvalue weighted by Crippen LogP contribution is 2.24. The van der Waals surface area contributed by atoms with Crippen molar-refractivity contribution < 1.29 is 9.32 Å². The van der Waals surface area contributed by atoms with Crippen LogP contribution in [0.2, 0.25) is 0 Å². The predicted molar refractivity (Wildman–Crippen MR) is 76.5 cm³/mol. The molecular formula is C13H16N4O2S. The van der Waals surface area contributed by atoms with Crippen LogP contribution in [0.25, 0.3) is 0 Å². The average molecular weight is 292 g/mol. The topological polar surface area (TPSA) is 80.9 Å². The SMILES string of the molecule is CCC[C@@H](Sc1ncccn1)C(=O)Nc1cc(C)on1. The van der Waals surface area contributed by atoms with Gasteiger partial charge in [-0.3, -0.25) is 4.79 Å². The Morgan fingerprint density at radius 1 is 1.45 bits per heavy atom. The maximum absolute atomic E-state index is 12.2. The lowest BCUT2D eigenvalue weighted by atomic mass is 10.2. The van der Waals surface area contributed by atoms with Gasteiger partial charge in [-0.05, 0) is 19.4 Å². The summed E-state index contributed by atoms with van der Waals surface area (Å²) in [5, 5.41) is 6.85. The molecule has 0 aliphatic carbocycles. The molecule has 1 atom stereocenters. The molecule has 2 heterocycles. The second-order valence-electron chi connectivity index (χ2n) is 4.24. The Hall–Kier alpha value is -1.89. The third-order valence-electron chi connectivity index (χ3n) is 2.51. The van der Waals surface area contributed by atoms with E-state index in [9.17, 15) is 4.79 Å². The van der Waals surface area contributed by atoms with E-state index in [-0.39, 0.29) is 11.2 Å². The predicted octanol–water partition coefficient (Wildman–Crippen LogP) is 2.67. The van der Waals surface area contributed by atoms with Crippen LogP contribution in [-0.2, 0) is 4.79 Å². The summed E-state index contributed by atoms with van der Waals surface area (Å²) in [4.78, 5) is 20.5. The summed E-state index contributed by atoms with van der Waals surface area (Å²) >= 11 is 1.35. The monoisotopic (exact) mass is 292 g/mol. The third-order valence-corrected chi connectivity index (χ3v) is 3.67. The van der Waals surface area contributed by atoms with E-state index < -0.39 is 0 Å². The molecule has 2 aromatic rings. The molecule has 0 aliphatic heterocycles. The Balaban J connectivity index is 2.02. The lowest BCUT2D eigenvalue weighted by Gasteiger charge is -2.13. The minimum atomic E-state index is -0.251. The number of aryl methyl sites for hydroxylation is 1. The lowest BCUT2D eigenvalue weighted by molar-refractivity contribution is -0.115.